The summed E-state index contributed by atoms with van der Waals surface area (Å²) in [7, 11) is 0. The minimum absolute atomic E-state index is 0.0736. The van der Waals surface area contributed by atoms with E-state index in [4.69, 9.17) is 40.1 Å². The third-order valence-electron chi connectivity index (χ3n) is 16.0. The van der Waals surface area contributed by atoms with Crippen molar-refractivity contribution in [3.8, 4) is 0 Å². The Labute approximate surface area is 558 Å². The molecule has 2 saturated heterocycles. The Kier molecular flexibility index (Phi) is 33.9. The largest absolute Gasteiger partial charge is 0.370 e. The molecule has 0 bridgehead atoms. The minimum Gasteiger partial charge on any atom is -0.370 e. The molecule has 13 amide bonds. The molecule has 2 aromatic carbocycles. The van der Waals surface area contributed by atoms with Gasteiger partial charge in [0, 0.05) is 45.3 Å². The number of unbranched alkanes of at least 4 members (excludes halogenated alkanes) is 1. The molecule has 0 saturated carbocycles. The van der Waals surface area contributed by atoms with E-state index in [1.54, 1.807) is 60.7 Å². The Morgan fingerprint density at radius 3 is 1.51 bits per heavy atom. The number of nitrogens with two attached hydrogens (primary N) is 7. The van der Waals surface area contributed by atoms with Gasteiger partial charge in [0.15, 0.2) is 5.96 Å². The number of likely N-dealkylation sites (tertiary alicyclic amines) is 2. The Hall–Kier alpha value is -8.91. The highest BCUT2D eigenvalue weighted by molar-refractivity contribution is 7.98. The number of benzene rings is 2. The van der Waals surface area contributed by atoms with Crippen molar-refractivity contribution in [1.29, 1.82) is 0 Å². The van der Waals surface area contributed by atoms with Crippen molar-refractivity contribution in [3.05, 3.63) is 71.8 Å². The van der Waals surface area contributed by atoms with E-state index >= 15 is 0 Å². The van der Waals surface area contributed by atoms with E-state index in [0.29, 0.717) is 55.4 Å². The van der Waals surface area contributed by atoms with E-state index in [0.717, 1.165) is 0 Å². The van der Waals surface area contributed by atoms with Crippen LogP contribution in [0.1, 0.15) is 121 Å². The molecule has 0 aliphatic carbocycles. The summed E-state index contributed by atoms with van der Waals surface area (Å²) in [6, 6.07) is 4.51. The molecule has 0 unspecified atom stereocenters. The number of aliphatic imine (C=N–C) groups is 1. The van der Waals surface area contributed by atoms with Gasteiger partial charge in [0.1, 0.15) is 54.4 Å². The number of amides is 13. The Morgan fingerprint density at radius 1 is 0.537 bits per heavy atom. The molecular formula is C63H98N18O13S. The van der Waals surface area contributed by atoms with E-state index in [1.807, 2.05) is 20.1 Å². The van der Waals surface area contributed by atoms with E-state index in [1.165, 1.54) is 21.6 Å². The van der Waals surface area contributed by atoms with Crippen LogP contribution in [0, 0.1) is 5.92 Å². The lowest BCUT2D eigenvalue weighted by molar-refractivity contribution is -0.144. The fourth-order valence-electron chi connectivity index (χ4n) is 11.0. The third kappa shape index (κ3) is 27.5. The van der Waals surface area contributed by atoms with Crippen LogP contribution in [0.2, 0.25) is 0 Å². The fraction of sp³-hybridized carbons (Fsp3) is 0.587. The van der Waals surface area contributed by atoms with Crippen molar-refractivity contribution in [2.24, 2.45) is 51.0 Å². The van der Waals surface area contributed by atoms with Gasteiger partial charge in [0.05, 0.1) is 12.6 Å². The van der Waals surface area contributed by atoms with Crippen LogP contribution < -0.4 is 82.7 Å². The van der Waals surface area contributed by atoms with E-state index in [9.17, 15) is 62.3 Å². The highest BCUT2D eigenvalue weighted by atomic mass is 32.2. The van der Waals surface area contributed by atoms with E-state index in [2.05, 4.69) is 47.5 Å². The van der Waals surface area contributed by atoms with Crippen LogP contribution in [0.5, 0.6) is 0 Å². The van der Waals surface area contributed by atoms with Gasteiger partial charge in [-0.3, -0.25) is 67.3 Å². The predicted molar refractivity (Wildman–Crippen MR) is 356 cm³/mol. The summed E-state index contributed by atoms with van der Waals surface area (Å²) in [5.74, 6) is -9.80. The third-order valence-corrected chi connectivity index (χ3v) is 16.7. The highest BCUT2D eigenvalue weighted by Crippen LogP contribution is 2.24. The van der Waals surface area contributed by atoms with Crippen LogP contribution in [-0.2, 0) is 75.2 Å². The van der Waals surface area contributed by atoms with Gasteiger partial charge in [-0.15, -0.1) is 0 Å². The van der Waals surface area contributed by atoms with Gasteiger partial charge in [0.2, 0.25) is 76.8 Å². The zero-order valence-electron chi connectivity index (χ0n) is 54.5. The van der Waals surface area contributed by atoms with Crippen molar-refractivity contribution < 1.29 is 62.3 Å². The molecule has 10 atom stereocenters. The van der Waals surface area contributed by atoms with Crippen molar-refractivity contribution in [2.45, 2.75) is 183 Å². The molecule has 32 heteroatoms. The SMILES string of the molecule is CSCC[C@H](NC(=O)[C@@H](CC(C)C)NC(=O)CNC(=O)[C@@H](Cc1ccccc1)NC(=O)[C@H](Cc1ccccc1)NC(=O)[C@H](CCC(N)=O)NC(=O)[C@H](CCC(N)=O)NC(=O)[C@H]1CCCN1C(=O)[C@@H](CCCCN)NC(=O)[C@H]1CCCN1C(=O)[C@H](N)CCCN=C(N)N)C(N)=O. The van der Waals surface area contributed by atoms with Gasteiger partial charge in [0.25, 0.3) is 0 Å². The summed E-state index contributed by atoms with van der Waals surface area (Å²) in [4.78, 5) is 185. The van der Waals surface area contributed by atoms with Crippen LogP contribution in [0.25, 0.3) is 0 Å². The van der Waals surface area contributed by atoms with Crippen molar-refractivity contribution in [2.75, 3.05) is 44.7 Å². The molecule has 0 radical (unpaired) electrons. The molecule has 31 nitrogen and oxygen atoms in total. The second kappa shape index (κ2) is 41.0. The molecule has 95 heavy (non-hydrogen) atoms. The first-order valence-electron chi connectivity index (χ1n) is 32.2. The van der Waals surface area contributed by atoms with Gasteiger partial charge in [-0.05, 0) is 119 Å². The zero-order valence-corrected chi connectivity index (χ0v) is 55.3. The Morgan fingerprint density at radius 2 is 1.01 bits per heavy atom. The number of nitrogens with zero attached hydrogens (tertiary/aromatic N) is 3. The number of hydrogen-bond acceptors (Lipinski definition) is 17. The van der Waals surface area contributed by atoms with Crippen LogP contribution in [0.15, 0.2) is 65.7 Å². The number of guanidine groups is 1. The summed E-state index contributed by atoms with van der Waals surface area (Å²) in [6.45, 7) is 3.86. The number of rotatable bonds is 42. The lowest BCUT2D eigenvalue weighted by Gasteiger charge is -2.32. The van der Waals surface area contributed by atoms with E-state index < -0.39 is 169 Å². The molecule has 2 heterocycles. The maximum atomic E-state index is 14.7. The quantitative estimate of drug-likeness (QED) is 0.0173. The number of primary amides is 3. The number of thioether (sulfide) groups is 1. The first-order valence-corrected chi connectivity index (χ1v) is 33.6. The monoisotopic (exact) mass is 1350 g/mol. The average Bonchev–Trinajstić information content (AvgIpc) is 1.74. The number of hydrogen-bond donors (Lipinski definition) is 15. The predicted octanol–water partition coefficient (Wildman–Crippen LogP) is -3.71. The maximum Gasteiger partial charge on any atom is 0.245 e. The summed E-state index contributed by atoms with van der Waals surface area (Å²) < 4.78 is 0. The van der Waals surface area contributed by atoms with Gasteiger partial charge in [-0.1, -0.05) is 74.5 Å². The first-order chi connectivity index (χ1) is 45.2. The summed E-state index contributed by atoms with van der Waals surface area (Å²) in [6.07, 6.45) is 3.12. The summed E-state index contributed by atoms with van der Waals surface area (Å²) in [5, 5.41) is 21.1. The highest BCUT2D eigenvalue weighted by Gasteiger charge is 2.42. The standard InChI is InChI=1S/C63H98N18O13S/c1-37(2)33-45(57(89)74-41(53(68)85)27-32-95-3)73-52(84)36-72-54(86)46(34-38-15-6-4-7-16-38)78-58(90)47(35-39-17-8-5-9-18-39)79-56(88)42(23-25-50(66)82)75-55(87)43(24-26-51(67)83)76-59(91)49-22-14-31-81(49)62(94)44(20-10-11-28-64)77-60(92)48-21-13-30-80(48)61(93)40(65)19-12-29-71-63(69)70/h4-9,15-18,37,40-49H,10-14,19-36,64-65H2,1-3H3,(H2,66,82)(H2,67,83)(H2,68,85)(H,72,86)(H,73,84)(H,74,89)(H,75,87)(H,76,91)(H,77,92)(H,78,90)(H,79,88)(H4,69,70,71)/t40-,41+,42+,43+,44-,45-,46-,47+,48-,49-/m1/s1. The van der Waals surface area contributed by atoms with Gasteiger partial charge < -0.3 is 92.5 Å². The number of nitrogens with one attached hydrogen (secondary N) is 8. The van der Waals surface area contributed by atoms with E-state index in [-0.39, 0.29) is 83.0 Å². The van der Waals surface area contributed by atoms with Crippen molar-refractivity contribution in [1.82, 2.24) is 52.3 Å². The van der Waals surface area contributed by atoms with Crippen LogP contribution in [-0.4, -0.2) is 198 Å². The number of carbonyl (C=O) groups is 13. The summed E-state index contributed by atoms with van der Waals surface area (Å²) in [5.41, 5.74) is 40.6. The molecule has 2 aromatic rings. The first kappa shape index (κ1) is 78.5. The molecular weight excluding hydrogens is 1250 g/mol. The normalized spacial score (nSPS) is 16.8. The van der Waals surface area contributed by atoms with Crippen molar-refractivity contribution in [3.63, 3.8) is 0 Å². The molecule has 2 aliphatic heterocycles. The molecule has 2 fully saturated rings. The molecule has 22 N–H and O–H groups in total. The number of carbonyl (C=O) groups excluding carboxylic acids is 13. The minimum atomic E-state index is -1.64. The Balaban J connectivity index is 1.56. The van der Waals surface area contributed by atoms with Gasteiger partial charge in [-0.25, -0.2) is 0 Å². The lowest BCUT2D eigenvalue weighted by atomic mass is 10.0. The zero-order chi connectivity index (χ0) is 70.1. The maximum absolute atomic E-state index is 14.7. The molecule has 524 valence electrons. The van der Waals surface area contributed by atoms with Gasteiger partial charge >= 0.3 is 0 Å². The molecule has 0 aromatic heterocycles. The second-order valence-corrected chi connectivity index (χ2v) is 25.1. The lowest BCUT2D eigenvalue weighted by Crippen LogP contribution is -2.60. The summed E-state index contributed by atoms with van der Waals surface area (Å²) >= 11 is 1.45. The van der Waals surface area contributed by atoms with Crippen LogP contribution in [0.3, 0.4) is 0 Å². The topological polar surface area (TPSA) is 519 Å². The average molecular weight is 1350 g/mol. The smallest absolute Gasteiger partial charge is 0.245 e. The van der Waals surface area contributed by atoms with Crippen LogP contribution in [0.4, 0.5) is 0 Å². The van der Waals surface area contributed by atoms with Crippen LogP contribution >= 0.6 is 11.8 Å². The fourth-order valence-corrected chi connectivity index (χ4v) is 11.5. The second-order valence-electron chi connectivity index (χ2n) is 24.1. The molecule has 2 aliphatic rings. The Bertz CT molecular complexity index is 2960. The van der Waals surface area contributed by atoms with Gasteiger partial charge in [-0.2, -0.15) is 11.8 Å². The van der Waals surface area contributed by atoms with Crippen molar-refractivity contribution >= 4 is 94.5 Å². The molecule has 4 rings (SSSR count). The molecule has 0 spiro atoms.